The molecule has 0 N–H and O–H groups in total. The van der Waals surface area contributed by atoms with E-state index in [2.05, 4.69) is 0 Å². The van der Waals surface area contributed by atoms with Gasteiger partial charge in [0.2, 0.25) is 10.0 Å². The van der Waals surface area contributed by atoms with Crippen LogP contribution in [0.25, 0.3) is 0 Å². The highest BCUT2D eigenvalue weighted by molar-refractivity contribution is 7.90. The summed E-state index contributed by atoms with van der Waals surface area (Å²) in [5, 5.41) is -0.462. The lowest BCUT2D eigenvalue weighted by Crippen LogP contribution is -2.31. The van der Waals surface area contributed by atoms with Crippen LogP contribution in [0, 0.1) is 5.82 Å². The summed E-state index contributed by atoms with van der Waals surface area (Å²) in [6.45, 7) is 2.16. The standard InChI is InChI=1S/C10H13ClFNO2S/c1-2-13(16(14,15)8-11)7-9-4-3-5-10(12)6-9/h3-6H,2,7-8H2,1H3. The zero-order valence-corrected chi connectivity index (χ0v) is 10.4. The Hall–Kier alpha value is -0.650. The van der Waals surface area contributed by atoms with Crippen LogP contribution in [-0.4, -0.2) is 24.5 Å². The number of benzene rings is 1. The molecule has 0 saturated carbocycles. The van der Waals surface area contributed by atoms with Gasteiger partial charge in [0.1, 0.15) is 11.0 Å². The summed E-state index contributed by atoms with van der Waals surface area (Å²) in [6.07, 6.45) is 0. The van der Waals surface area contributed by atoms with Crippen LogP contribution in [0.3, 0.4) is 0 Å². The first-order valence-corrected chi connectivity index (χ1v) is 6.92. The van der Waals surface area contributed by atoms with E-state index in [1.54, 1.807) is 19.1 Å². The molecule has 6 heteroatoms. The number of hydrogen-bond donors (Lipinski definition) is 0. The molecule has 0 bridgehead atoms. The molecule has 0 saturated heterocycles. The van der Waals surface area contributed by atoms with Crippen LogP contribution >= 0.6 is 11.6 Å². The van der Waals surface area contributed by atoms with Crippen LogP contribution in [-0.2, 0) is 16.6 Å². The molecule has 0 aliphatic carbocycles. The third-order valence-electron chi connectivity index (χ3n) is 2.13. The summed E-state index contributed by atoms with van der Waals surface area (Å²) in [5.41, 5.74) is 0.607. The number of alkyl halides is 1. The molecule has 3 nitrogen and oxygen atoms in total. The third kappa shape index (κ3) is 3.43. The van der Waals surface area contributed by atoms with E-state index in [9.17, 15) is 12.8 Å². The van der Waals surface area contributed by atoms with Gasteiger partial charge < -0.3 is 0 Å². The van der Waals surface area contributed by atoms with Gasteiger partial charge in [0.25, 0.3) is 0 Å². The fourth-order valence-electron chi connectivity index (χ4n) is 1.31. The van der Waals surface area contributed by atoms with Crippen molar-refractivity contribution in [3.63, 3.8) is 0 Å². The number of halogens is 2. The van der Waals surface area contributed by atoms with Crippen LogP contribution in [0.15, 0.2) is 24.3 Å². The van der Waals surface area contributed by atoms with Crippen LogP contribution in [0.2, 0.25) is 0 Å². The van der Waals surface area contributed by atoms with Crippen molar-refractivity contribution in [3.8, 4) is 0 Å². The Morgan fingerprint density at radius 2 is 2.12 bits per heavy atom. The molecule has 16 heavy (non-hydrogen) atoms. The molecular weight excluding hydrogens is 253 g/mol. The molecule has 0 aromatic heterocycles. The predicted octanol–water partition coefficient (Wildman–Crippen LogP) is 2.17. The van der Waals surface area contributed by atoms with Gasteiger partial charge in [-0.25, -0.2) is 12.8 Å². The highest BCUT2D eigenvalue weighted by atomic mass is 35.5. The minimum absolute atomic E-state index is 0.142. The van der Waals surface area contributed by atoms with Gasteiger partial charge in [0.05, 0.1) is 0 Å². The minimum atomic E-state index is -3.45. The monoisotopic (exact) mass is 265 g/mol. The summed E-state index contributed by atoms with van der Waals surface area (Å²) in [7, 11) is -3.45. The number of rotatable bonds is 5. The average Bonchev–Trinajstić information content (AvgIpc) is 2.25. The van der Waals surface area contributed by atoms with E-state index >= 15 is 0 Å². The van der Waals surface area contributed by atoms with Gasteiger partial charge in [-0.15, -0.1) is 11.6 Å². The first kappa shape index (κ1) is 13.4. The first-order valence-electron chi connectivity index (χ1n) is 4.78. The van der Waals surface area contributed by atoms with Crippen molar-refractivity contribution in [3.05, 3.63) is 35.6 Å². The molecule has 1 rings (SSSR count). The Morgan fingerprint density at radius 1 is 1.44 bits per heavy atom. The van der Waals surface area contributed by atoms with E-state index in [1.807, 2.05) is 0 Å². The molecule has 1 aromatic rings. The second-order valence-electron chi connectivity index (χ2n) is 3.28. The van der Waals surface area contributed by atoms with Crippen LogP contribution in [0.1, 0.15) is 12.5 Å². The quantitative estimate of drug-likeness (QED) is 0.765. The molecule has 0 amide bonds. The van der Waals surface area contributed by atoms with E-state index in [0.717, 1.165) is 0 Å². The predicted molar refractivity (Wildman–Crippen MR) is 62.1 cm³/mol. The molecule has 0 heterocycles. The van der Waals surface area contributed by atoms with Gasteiger partial charge in [0, 0.05) is 13.1 Å². The van der Waals surface area contributed by atoms with Gasteiger partial charge in [-0.2, -0.15) is 4.31 Å². The Morgan fingerprint density at radius 3 is 2.62 bits per heavy atom. The van der Waals surface area contributed by atoms with Crippen molar-refractivity contribution < 1.29 is 12.8 Å². The summed E-state index contributed by atoms with van der Waals surface area (Å²) in [6, 6.07) is 5.85. The second kappa shape index (κ2) is 5.61. The Kier molecular flexibility index (Phi) is 4.70. The summed E-state index contributed by atoms with van der Waals surface area (Å²) in [5.74, 6) is -0.378. The topological polar surface area (TPSA) is 37.4 Å². The van der Waals surface area contributed by atoms with E-state index in [1.165, 1.54) is 16.4 Å². The third-order valence-corrected chi connectivity index (χ3v) is 4.41. The molecule has 0 aliphatic rings. The fourth-order valence-corrected chi connectivity index (χ4v) is 2.61. The van der Waals surface area contributed by atoms with Crippen molar-refractivity contribution in [2.24, 2.45) is 0 Å². The lowest BCUT2D eigenvalue weighted by atomic mass is 10.2. The summed E-state index contributed by atoms with van der Waals surface area (Å²) >= 11 is 5.36. The Labute approximate surface area is 99.9 Å². The lowest BCUT2D eigenvalue weighted by Gasteiger charge is -2.18. The van der Waals surface area contributed by atoms with Crippen molar-refractivity contribution in [1.82, 2.24) is 4.31 Å². The molecule has 90 valence electrons. The largest absolute Gasteiger partial charge is 0.228 e. The zero-order valence-electron chi connectivity index (χ0n) is 8.86. The van der Waals surface area contributed by atoms with Gasteiger partial charge in [-0.1, -0.05) is 19.1 Å². The van der Waals surface area contributed by atoms with Crippen LogP contribution in [0.5, 0.6) is 0 Å². The highest BCUT2D eigenvalue weighted by Gasteiger charge is 2.19. The molecule has 0 fully saturated rings. The van der Waals surface area contributed by atoms with E-state index < -0.39 is 15.2 Å². The molecule has 0 atom stereocenters. The van der Waals surface area contributed by atoms with Gasteiger partial charge in [-0.05, 0) is 17.7 Å². The van der Waals surface area contributed by atoms with Gasteiger partial charge >= 0.3 is 0 Å². The number of hydrogen-bond acceptors (Lipinski definition) is 2. The first-order chi connectivity index (χ1) is 7.49. The van der Waals surface area contributed by atoms with E-state index in [0.29, 0.717) is 12.1 Å². The lowest BCUT2D eigenvalue weighted by molar-refractivity contribution is 0.425. The smallest absolute Gasteiger partial charge is 0.211 e. The minimum Gasteiger partial charge on any atom is -0.211 e. The average molecular weight is 266 g/mol. The van der Waals surface area contributed by atoms with Gasteiger partial charge in [-0.3, -0.25) is 0 Å². The van der Waals surface area contributed by atoms with Crippen molar-refractivity contribution in [1.29, 1.82) is 0 Å². The molecule has 0 unspecified atom stereocenters. The SMILES string of the molecule is CCN(Cc1cccc(F)c1)S(=O)(=O)CCl. The van der Waals surface area contributed by atoms with Crippen molar-refractivity contribution >= 4 is 21.6 Å². The van der Waals surface area contributed by atoms with Crippen LogP contribution in [0.4, 0.5) is 4.39 Å². The van der Waals surface area contributed by atoms with Crippen molar-refractivity contribution in [2.75, 3.05) is 11.8 Å². The highest BCUT2D eigenvalue weighted by Crippen LogP contribution is 2.11. The number of nitrogens with zero attached hydrogens (tertiary/aromatic N) is 1. The molecule has 0 aliphatic heterocycles. The van der Waals surface area contributed by atoms with E-state index in [4.69, 9.17) is 11.6 Å². The summed E-state index contributed by atoms with van der Waals surface area (Å²) < 4.78 is 37.2. The maximum Gasteiger partial charge on any atom is 0.228 e. The molecular formula is C10H13ClFNO2S. The Balaban J connectivity index is 2.87. The van der Waals surface area contributed by atoms with Crippen LogP contribution < -0.4 is 0 Å². The molecule has 1 aromatic carbocycles. The van der Waals surface area contributed by atoms with E-state index in [-0.39, 0.29) is 12.4 Å². The maximum atomic E-state index is 12.9. The normalized spacial score (nSPS) is 12.0. The Bertz CT molecular complexity index is 450. The van der Waals surface area contributed by atoms with Crippen molar-refractivity contribution in [2.45, 2.75) is 13.5 Å². The molecule has 0 radical (unpaired) electrons. The fraction of sp³-hybridized carbons (Fsp3) is 0.400. The summed E-state index contributed by atoms with van der Waals surface area (Å²) in [4.78, 5) is 0. The molecule has 0 spiro atoms. The zero-order chi connectivity index (χ0) is 12.2. The van der Waals surface area contributed by atoms with Gasteiger partial charge in [0.15, 0.2) is 0 Å². The number of sulfonamides is 1. The maximum absolute atomic E-state index is 12.9. The second-order valence-corrected chi connectivity index (χ2v) is 5.83.